The van der Waals surface area contributed by atoms with Crippen molar-refractivity contribution in [2.24, 2.45) is 17.3 Å². The predicted octanol–water partition coefficient (Wildman–Crippen LogP) is 5.53. The quantitative estimate of drug-likeness (QED) is 0.576. The highest BCUT2D eigenvalue weighted by Gasteiger charge is 2.63. The second kappa shape index (κ2) is 4.12. The molecule has 3 atom stereocenters. The Morgan fingerprint density at radius 1 is 0.950 bits per heavy atom. The molecule has 0 aromatic heterocycles. The smallest absolute Gasteiger partial charge is 0.0257 e. The number of hydrogen-bond acceptors (Lipinski definition) is 0. The van der Waals surface area contributed by atoms with Crippen molar-refractivity contribution in [1.29, 1.82) is 0 Å². The largest absolute Gasteiger partial charge is 0.0844 e. The number of fused-ring (bicyclic) bond motifs is 5. The minimum Gasteiger partial charge on any atom is -0.0844 e. The summed E-state index contributed by atoms with van der Waals surface area (Å²) in [5.41, 5.74) is 5.83. The van der Waals surface area contributed by atoms with Crippen LogP contribution in [0.25, 0.3) is 0 Å². The topological polar surface area (TPSA) is 0 Å². The Balaban J connectivity index is 1.65. The molecule has 0 heteroatoms. The van der Waals surface area contributed by atoms with Crippen LogP contribution in [-0.4, -0.2) is 0 Å². The molecule has 3 unspecified atom stereocenters. The Kier molecular flexibility index (Phi) is 2.44. The molecule has 0 saturated heterocycles. The van der Waals surface area contributed by atoms with Crippen LogP contribution in [0.15, 0.2) is 34.9 Å². The molecule has 1 radical (unpaired) electrons. The molecule has 105 valence electrons. The predicted molar refractivity (Wildman–Crippen MR) is 83.1 cm³/mol. The van der Waals surface area contributed by atoms with Gasteiger partial charge in [-0.1, -0.05) is 23.8 Å². The minimum absolute atomic E-state index is 0.454. The monoisotopic (exact) mass is 265 g/mol. The molecule has 5 aliphatic rings. The fourth-order valence-corrected chi connectivity index (χ4v) is 6.33. The summed E-state index contributed by atoms with van der Waals surface area (Å²) in [4.78, 5) is 0. The third-order valence-electron chi connectivity index (χ3n) is 6.94. The van der Waals surface area contributed by atoms with E-state index in [1.54, 1.807) is 11.1 Å². The van der Waals surface area contributed by atoms with E-state index in [1.165, 1.54) is 64.2 Å². The van der Waals surface area contributed by atoms with Crippen molar-refractivity contribution in [2.75, 3.05) is 0 Å². The highest BCUT2D eigenvalue weighted by atomic mass is 14.7. The van der Waals surface area contributed by atoms with Gasteiger partial charge in [0, 0.05) is 5.41 Å². The van der Waals surface area contributed by atoms with Gasteiger partial charge in [0.15, 0.2) is 0 Å². The van der Waals surface area contributed by atoms with E-state index in [0.29, 0.717) is 5.41 Å². The van der Waals surface area contributed by atoms with Gasteiger partial charge in [-0.15, -0.1) is 0 Å². The van der Waals surface area contributed by atoms with Crippen LogP contribution >= 0.6 is 0 Å². The Hall–Kier alpha value is -0.780. The third kappa shape index (κ3) is 1.29. The van der Waals surface area contributed by atoms with E-state index in [2.05, 4.69) is 18.2 Å². The lowest BCUT2D eigenvalue weighted by atomic mass is 9.59. The molecule has 20 heavy (non-hydrogen) atoms. The van der Waals surface area contributed by atoms with Gasteiger partial charge in [-0.3, -0.25) is 0 Å². The summed E-state index contributed by atoms with van der Waals surface area (Å²) in [6, 6.07) is 0. The normalized spacial score (nSPS) is 42.9. The van der Waals surface area contributed by atoms with Crippen LogP contribution in [0.3, 0.4) is 0 Å². The highest BCUT2D eigenvalue weighted by Crippen LogP contribution is 2.72. The van der Waals surface area contributed by atoms with E-state index in [0.717, 1.165) is 11.8 Å². The third-order valence-corrected chi connectivity index (χ3v) is 6.94. The molecular weight excluding hydrogens is 240 g/mol. The Bertz CT molecular complexity index is 532. The molecule has 0 heterocycles. The molecule has 0 aromatic carbocycles. The maximum atomic E-state index is 2.67. The van der Waals surface area contributed by atoms with E-state index in [-0.39, 0.29) is 0 Å². The van der Waals surface area contributed by atoms with Gasteiger partial charge in [0.05, 0.1) is 0 Å². The maximum absolute atomic E-state index is 2.67. The molecule has 2 bridgehead atoms. The molecule has 5 rings (SSSR count). The van der Waals surface area contributed by atoms with Crippen molar-refractivity contribution < 1.29 is 0 Å². The Morgan fingerprint density at radius 2 is 1.85 bits per heavy atom. The zero-order valence-corrected chi connectivity index (χ0v) is 12.5. The van der Waals surface area contributed by atoms with E-state index in [9.17, 15) is 0 Å². The van der Waals surface area contributed by atoms with Crippen molar-refractivity contribution in [2.45, 2.75) is 64.2 Å². The standard InChI is InChI=1S/C20H25/c1-2-6-14(5-1)18-11-12-19-15-9-10-17(13-15)20(18,19)16-7-3-4-8-16/h5,7,11,15,19H,1-4,6,8-10,12-13H2. The van der Waals surface area contributed by atoms with Gasteiger partial charge in [0.2, 0.25) is 0 Å². The summed E-state index contributed by atoms with van der Waals surface area (Å²) in [5.74, 6) is 3.91. The average Bonchev–Trinajstić information content (AvgIpc) is 3.23. The lowest BCUT2D eigenvalue weighted by Crippen LogP contribution is -2.36. The fourth-order valence-electron chi connectivity index (χ4n) is 6.33. The molecule has 0 nitrogen and oxygen atoms in total. The fraction of sp³-hybridized carbons (Fsp3) is 0.650. The van der Waals surface area contributed by atoms with Crippen LogP contribution in [0.4, 0.5) is 0 Å². The first-order valence-electron chi connectivity index (χ1n) is 8.85. The van der Waals surface area contributed by atoms with Crippen molar-refractivity contribution in [3.05, 3.63) is 40.9 Å². The molecule has 2 saturated carbocycles. The van der Waals surface area contributed by atoms with E-state index in [1.807, 2.05) is 11.5 Å². The summed E-state index contributed by atoms with van der Waals surface area (Å²) in [7, 11) is 0. The lowest BCUT2D eigenvalue weighted by molar-refractivity contribution is 0.243. The van der Waals surface area contributed by atoms with Crippen molar-refractivity contribution in [3.8, 4) is 0 Å². The first-order valence-corrected chi connectivity index (χ1v) is 8.85. The summed E-state index contributed by atoms with van der Waals surface area (Å²) >= 11 is 0. The van der Waals surface area contributed by atoms with Crippen LogP contribution < -0.4 is 0 Å². The first-order chi connectivity index (χ1) is 9.90. The summed E-state index contributed by atoms with van der Waals surface area (Å²) in [6.07, 6.45) is 21.8. The average molecular weight is 265 g/mol. The molecular formula is C20H25. The van der Waals surface area contributed by atoms with Gasteiger partial charge in [-0.05, 0) is 93.1 Å². The van der Waals surface area contributed by atoms with Gasteiger partial charge < -0.3 is 0 Å². The molecule has 0 aliphatic heterocycles. The second-order valence-electron chi connectivity index (χ2n) is 7.62. The zero-order chi connectivity index (χ0) is 13.2. The first kappa shape index (κ1) is 11.8. The Labute approximate surface area is 123 Å². The Morgan fingerprint density at radius 3 is 2.65 bits per heavy atom. The summed E-state index contributed by atoms with van der Waals surface area (Å²) in [5, 5.41) is 0. The van der Waals surface area contributed by atoms with Crippen molar-refractivity contribution in [1.82, 2.24) is 0 Å². The summed E-state index contributed by atoms with van der Waals surface area (Å²) < 4.78 is 0. The zero-order valence-electron chi connectivity index (χ0n) is 12.5. The van der Waals surface area contributed by atoms with Gasteiger partial charge in [-0.25, -0.2) is 0 Å². The van der Waals surface area contributed by atoms with E-state index in [4.69, 9.17) is 0 Å². The molecule has 2 fully saturated rings. The van der Waals surface area contributed by atoms with Crippen LogP contribution in [0, 0.1) is 23.2 Å². The van der Waals surface area contributed by atoms with Crippen molar-refractivity contribution >= 4 is 0 Å². The summed E-state index contributed by atoms with van der Waals surface area (Å²) in [6.45, 7) is 0. The maximum Gasteiger partial charge on any atom is 0.0257 e. The van der Waals surface area contributed by atoms with Gasteiger partial charge >= 0.3 is 0 Å². The van der Waals surface area contributed by atoms with Crippen LogP contribution in [0.2, 0.25) is 0 Å². The lowest BCUT2D eigenvalue weighted by Gasteiger charge is -2.44. The SMILES string of the molecule is C1=C(C2=CCC3C4CC[C](C4)C23C2=CCCC2)CCC1. The molecule has 0 aromatic rings. The number of rotatable bonds is 2. The number of hydrogen-bond donors (Lipinski definition) is 0. The van der Waals surface area contributed by atoms with Gasteiger partial charge in [0.25, 0.3) is 0 Å². The van der Waals surface area contributed by atoms with E-state index >= 15 is 0 Å². The van der Waals surface area contributed by atoms with Crippen LogP contribution in [0.5, 0.6) is 0 Å². The van der Waals surface area contributed by atoms with Gasteiger partial charge in [0.1, 0.15) is 0 Å². The highest BCUT2D eigenvalue weighted by molar-refractivity contribution is 5.56. The number of allylic oxidation sites excluding steroid dienone is 6. The van der Waals surface area contributed by atoms with E-state index < -0.39 is 0 Å². The molecule has 0 spiro atoms. The van der Waals surface area contributed by atoms with Crippen LogP contribution in [0.1, 0.15) is 64.2 Å². The van der Waals surface area contributed by atoms with Crippen LogP contribution in [-0.2, 0) is 0 Å². The molecule has 5 aliphatic carbocycles. The second-order valence-corrected chi connectivity index (χ2v) is 7.62. The molecule has 0 N–H and O–H groups in total. The van der Waals surface area contributed by atoms with Gasteiger partial charge in [-0.2, -0.15) is 0 Å². The molecule has 0 amide bonds. The van der Waals surface area contributed by atoms with Crippen molar-refractivity contribution in [3.63, 3.8) is 0 Å². The minimum atomic E-state index is 0.454.